The summed E-state index contributed by atoms with van der Waals surface area (Å²) in [6.07, 6.45) is -3.81. The molecule has 1 fully saturated rings. The fourth-order valence-electron chi connectivity index (χ4n) is 2.52. The highest BCUT2D eigenvalue weighted by atomic mass is 19.4. The van der Waals surface area contributed by atoms with E-state index in [0.717, 1.165) is 13.0 Å². The van der Waals surface area contributed by atoms with Gasteiger partial charge in [0.15, 0.2) is 5.75 Å². The van der Waals surface area contributed by atoms with Crippen LogP contribution in [0.2, 0.25) is 0 Å². The van der Waals surface area contributed by atoms with Crippen molar-refractivity contribution in [1.82, 2.24) is 5.32 Å². The van der Waals surface area contributed by atoms with E-state index in [1.165, 1.54) is 6.07 Å². The number of piperazine rings is 1. The second-order valence-electron chi connectivity index (χ2n) is 5.04. The molecule has 2 atom stereocenters. The quantitative estimate of drug-likeness (QED) is 0.924. The number of hydrogen-bond acceptors (Lipinski definition) is 3. The second-order valence-corrected chi connectivity index (χ2v) is 5.04. The van der Waals surface area contributed by atoms with Gasteiger partial charge in [-0.25, -0.2) is 0 Å². The lowest BCUT2D eigenvalue weighted by atomic mass is 10.1. The smallest absolute Gasteiger partial charge is 0.404 e. The average molecular weight is 288 g/mol. The van der Waals surface area contributed by atoms with Gasteiger partial charge in [-0.05, 0) is 25.5 Å². The third-order valence-electron chi connectivity index (χ3n) is 3.48. The predicted molar refractivity (Wildman–Crippen MR) is 72.0 cm³/mol. The summed E-state index contributed by atoms with van der Waals surface area (Å²) in [6, 6.07) is 6.74. The van der Waals surface area contributed by atoms with Crippen molar-refractivity contribution in [1.29, 1.82) is 0 Å². The molecule has 3 nitrogen and oxygen atoms in total. The van der Waals surface area contributed by atoms with Crippen LogP contribution >= 0.6 is 0 Å². The molecule has 1 N–H and O–H groups in total. The Morgan fingerprint density at radius 1 is 1.35 bits per heavy atom. The van der Waals surface area contributed by atoms with Crippen molar-refractivity contribution < 1.29 is 17.9 Å². The minimum atomic E-state index is -4.67. The van der Waals surface area contributed by atoms with Crippen molar-refractivity contribution in [2.45, 2.75) is 38.7 Å². The van der Waals surface area contributed by atoms with E-state index in [1.807, 2.05) is 18.7 Å². The fourth-order valence-corrected chi connectivity index (χ4v) is 2.52. The number of nitrogens with one attached hydrogen (secondary N) is 1. The van der Waals surface area contributed by atoms with E-state index < -0.39 is 6.36 Å². The van der Waals surface area contributed by atoms with Crippen molar-refractivity contribution in [2.24, 2.45) is 0 Å². The molecule has 0 bridgehead atoms. The van der Waals surface area contributed by atoms with Gasteiger partial charge in [0, 0.05) is 25.2 Å². The van der Waals surface area contributed by atoms with Gasteiger partial charge in [-0.15, -0.1) is 13.2 Å². The van der Waals surface area contributed by atoms with Crippen LogP contribution in [0.15, 0.2) is 24.3 Å². The largest absolute Gasteiger partial charge is 0.573 e. The van der Waals surface area contributed by atoms with Crippen LogP contribution in [-0.2, 0) is 0 Å². The first-order valence-corrected chi connectivity index (χ1v) is 6.75. The molecule has 0 saturated carbocycles. The van der Waals surface area contributed by atoms with Crippen molar-refractivity contribution >= 4 is 5.69 Å². The Bertz CT molecular complexity index is 450. The van der Waals surface area contributed by atoms with Gasteiger partial charge < -0.3 is 15.0 Å². The number of rotatable bonds is 3. The number of nitrogens with zero attached hydrogens (tertiary/aromatic N) is 1. The Kier molecular flexibility index (Phi) is 4.42. The Balaban J connectivity index is 2.30. The monoisotopic (exact) mass is 288 g/mol. The topological polar surface area (TPSA) is 24.5 Å². The number of benzene rings is 1. The average Bonchev–Trinajstić information content (AvgIpc) is 2.37. The summed E-state index contributed by atoms with van der Waals surface area (Å²) in [5, 5.41) is 3.35. The van der Waals surface area contributed by atoms with Gasteiger partial charge in [0.25, 0.3) is 0 Å². The molecule has 1 aliphatic rings. The molecule has 1 heterocycles. The van der Waals surface area contributed by atoms with E-state index >= 15 is 0 Å². The highest BCUT2D eigenvalue weighted by molar-refractivity contribution is 5.59. The van der Waals surface area contributed by atoms with Crippen molar-refractivity contribution in [2.75, 3.05) is 18.0 Å². The van der Waals surface area contributed by atoms with Gasteiger partial charge in [0.1, 0.15) is 0 Å². The lowest BCUT2D eigenvalue weighted by Gasteiger charge is -2.41. The molecular formula is C14H19F3N2O. The summed E-state index contributed by atoms with van der Waals surface area (Å²) in [4.78, 5) is 2.00. The molecule has 20 heavy (non-hydrogen) atoms. The number of anilines is 1. The molecule has 1 aromatic carbocycles. The van der Waals surface area contributed by atoms with Gasteiger partial charge in [-0.1, -0.05) is 19.1 Å². The van der Waals surface area contributed by atoms with Crippen LogP contribution in [0.5, 0.6) is 5.75 Å². The van der Waals surface area contributed by atoms with Gasteiger partial charge in [0.2, 0.25) is 0 Å². The van der Waals surface area contributed by atoms with Crippen LogP contribution in [0.25, 0.3) is 0 Å². The third-order valence-corrected chi connectivity index (χ3v) is 3.48. The van der Waals surface area contributed by atoms with E-state index in [1.54, 1.807) is 18.2 Å². The number of halogens is 3. The summed E-state index contributed by atoms with van der Waals surface area (Å²) >= 11 is 0. The molecule has 112 valence electrons. The fraction of sp³-hybridized carbons (Fsp3) is 0.571. The van der Waals surface area contributed by atoms with Crippen LogP contribution in [-0.4, -0.2) is 31.5 Å². The first kappa shape index (κ1) is 15.0. The van der Waals surface area contributed by atoms with E-state index in [0.29, 0.717) is 12.2 Å². The van der Waals surface area contributed by atoms with E-state index in [2.05, 4.69) is 10.1 Å². The van der Waals surface area contributed by atoms with Crippen LogP contribution in [0, 0.1) is 0 Å². The van der Waals surface area contributed by atoms with Gasteiger partial charge in [-0.2, -0.15) is 0 Å². The molecule has 0 aliphatic carbocycles. The lowest BCUT2D eigenvalue weighted by Crippen LogP contribution is -2.55. The molecule has 1 aliphatic heterocycles. The first-order valence-electron chi connectivity index (χ1n) is 6.75. The van der Waals surface area contributed by atoms with Gasteiger partial charge >= 0.3 is 6.36 Å². The summed E-state index contributed by atoms with van der Waals surface area (Å²) in [5.74, 6) is -0.132. The molecule has 0 radical (unpaired) electrons. The van der Waals surface area contributed by atoms with E-state index in [4.69, 9.17) is 0 Å². The number of ether oxygens (including phenoxy) is 1. The maximum atomic E-state index is 12.5. The van der Waals surface area contributed by atoms with Crippen LogP contribution in [0.4, 0.5) is 18.9 Å². The number of alkyl halides is 3. The van der Waals surface area contributed by atoms with Crippen molar-refractivity contribution in [3.8, 4) is 5.75 Å². The highest BCUT2D eigenvalue weighted by Gasteiger charge is 2.34. The normalized spacial score (nSPS) is 23.8. The minimum Gasteiger partial charge on any atom is -0.404 e. The van der Waals surface area contributed by atoms with Gasteiger partial charge in [0.05, 0.1) is 5.69 Å². The van der Waals surface area contributed by atoms with Crippen LogP contribution in [0.1, 0.15) is 20.3 Å². The molecule has 0 spiro atoms. The summed E-state index contributed by atoms with van der Waals surface area (Å²) < 4.78 is 41.6. The first-order chi connectivity index (χ1) is 9.40. The summed E-state index contributed by atoms with van der Waals surface area (Å²) in [5.41, 5.74) is 0.505. The minimum absolute atomic E-state index is 0.132. The van der Waals surface area contributed by atoms with Crippen molar-refractivity contribution in [3.63, 3.8) is 0 Å². The summed E-state index contributed by atoms with van der Waals surface area (Å²) in [7, 11) is 0. The maximum Gasteiger partial charge on any atom is 0.573 e. The Morgan fingerprint density at radius 3 is 2.70 bits per heavy atom. The van der Waals surface area contributed by atoms with E-state index in [-0.39, 0.29) is 17.8 Å². The maximum absolute atomic E-state index is 12.5. The standard InChI is InChI=1S/C14H19F3N2O/c1-3-11-8-18-10(2)9-19(11)12-6-4-5-7-13(12)20-14(15,16)17/h4-7,10-11,18H,3,8-9H2,1-2H3. The molecule has 0 aromatic heterocycles. The highest BCUT2D eigenvalue weighted by Crippen LogP contribution is 2.34. The van der Waals surface area contributed by atoms with Crippen LogP contribution < -0.4 is 15.0 Å². The Labute approximate surface area is 116 Å². The van der Waals surface area contributed by atoms with Crippen LogP contribution in [0.3, 0.4) is 0 Å². The zero-order valence-corrected chi connectivity index (χ0v) is 11.6. The summed E-state index contributed by atoms with van der Waals surface area (Å²) in [6.45, 7) is 5.48. The number of hydrogen-bond donors (Lipinski definition) is 1. The third kappa shape index (κ3) is 3.56. The molecule has 1 aromatic rings. The Morgan fingerprint density at radius 2 is 2.05 bits per heavy atom. The molecule has 1 saturated heterocycles. The number of para-hydroxylation sites is 2. The molecule has 2 unspecified atom stereocenters. The lowest BCUT2D eigenvalue weighted by molar-refractivity contribution is -0.274. The SMILES string of the molecule is CCC1CNC(C)CN1c1ccccc1OC(F)(F)F. The molecule has 6 heteroatoms. The van der Waals surface area contributed by atoms with Gasteiger partial charge in [-0.3, -0.25) is 0 Å². The second kappa shape index (κ2) is 5.91. The molecular weight excluding hydrogens is 269 g/mol. The Hall–Kier alpha value is -1.43. The zero-order chi connectivity index (χ0) is 14.8. The predicted octanol–water partition coefficient (Wildman–Crippen LogP) is 3.16. The van der Waals surface area contributed by atoms with Crippen molar-refractivity contribution in [3.05, 3.63) is 24.3 Å². The van der Waals surface area contributed by atoms with E-state index in [9.17, 15) is 13.2 Å². The molecule has 0 amide bonds. The molecule has 2 rings (SSSR count). The zero-order valence-electron chi connectivity index (χ0n) is 11.6.